The van der Waals surface area contributed by atoms with E-state index in [-0.39, 0.29) is 35.4 Å². The molecule has 2 aromatic heterocycles. The van der Waals surface area contributed by atoms with E-state index < -0.39 is 10.0 Å². The third-order valence-corrected chi connectivity index (χ3v) is 8.06. The number of halogens is 1. The van der Waals surface area contributed by atoms with Crippen LogP contribution in [0.5, 0.6) is 0 Å². The number of aromatic nitrogens is 2. The molecule has 0 spiro atoms. The van der Waals surface area contributed by atoms with Gasteiger partial charge in [0.2, 0.25) is 0 Å². The molecule has 1 amide bonds. The number of nitrogens with zero attached hydrogens (tertiary/aromatic N) is 4. The Labute approximate surface area is 227 Å². The molecule has 1 aliphatic heterocycles. The van der Waals surface area contributed by atoms with Gasteiger partial charge in [-0.3, -0.25) is 4.79 Å². The van der Waals surface area contributed by atoms with Crippen LogP contribution in [-0.4, -0.2) is 55.4 Å². The topological polar surface area (TPSA) is 107 Å². The number of fused-ring (bicyclic) bond motifs is 1. The molecular weight excluding hydrogens is 545 g/mol. The Bertz CT molecular complexity index is 1500. The summed E-state index contributed by atoms with van der Waals surface area (Å²) in [6.07, 6.45) is 1.33. The van der Waals surface area contributed by atoms with Gasteiger partial charge < -0.3 is 14.9 Å². The van der Waals surface area contributed by atoms with Gasteiger partial charge >= 0.3 is 18.9 Å². The molecule has 3 heterocycles. The standard InChI is InChI=1S/C23H19BrN5O3S2.Li/c24-15-7-8-19-20(14-15)33-23(27-19)29-12-10-28(11-13-29)22(30)18-5-2-1-4-16(18)17-6-3-9-26-21(17)34(25,31)32;/h1-9,14H,10-13H2,(H-,25,31,32);/q-1;+1. The van der Waals surface area contributed by atoms with Crippen LogP contribution in [0.3, 0.4) is 0 Å². The van der Waals surface area contributed by atoms with Crippen LogP contribution in [0.15, 0.2) is 70.3 Å². The molecule has 8 nitrogen and oxygen atoms in total. The van der Waals surface area contributed by atoms with Gasteiger partial charge in [0.05, 0.1) is 10.2 Å². The van der Waals surface area contributed by atoms with Crippen LogP contribution >= 0.6 is 27.3 Å². The molecule has 12 heteroatoms. The van der Waals surface area contributed by atoms with Crippen LogP contribution in [0, 0.1) is 0 Å². The summed E-state index contributed by atoms with van der Waals surface area (Å²) in [5.74, 6) is -0.180. The molecule has 1 aliphatic rings. The zero-order valence-electron chi connectivity index (χ0n) is 18.8. The van der Waals surface area contributed by atoms with Gasteiger partial charge in [0.25, 0.3) is 5.91 Å². The Morgan fingerprint density at radius 1 is 1.00 bits per heavy atom. The first-order chi connectivity index (χ1) is 16.3. The number of piperazine rings is 1. The van der Waals surface area contributed by atoms with Crippen molar-refractivity contribution in [1.82, 2.24) is 14.9 Å². The van der Waals surface area contributed by atoms with Gasteiger partial charge in [-0.1, -0.05) is 45.5 Å². The summed E-state index contributed by atoms with van der Waals surface area (Å²) in [4.78, 5) is 26.0. The Balaban J connectivity index is 0.00000289. The Kier molecular flexibility index (Phi) is 7.66. The van der Waals surface area contributed by atoms with Crippen LogP contribution in [0.1, 0.15) is 10.4 Å². The number of nitrogens with one attached hydrogen (secondary N) is 1. The van der Waals surface area contributed by atoms with Crippen molar-refractivity contribution < 1.29 is 32.1 Å². The van der Waals surface area contributed by atoms with Crippen LogP contribution in [0.2, 0.25) is 0 Å². The Morgan fingerprint density at radius 3 is 2.46 bits per heavy atom. The van der Waals surface area contributed by atoms with Gasteiger partial charge in [-0.05, 0) is 42.0 Å². The second-order valence-electron chi connectivity index (χ2n) is 7.79. The minimum absolute atomic E-state index is 0. The quantitative estimate of drug-likeness (QED) is 0.350. The molecule has 4 aromatic rings. The van der Waals surface area contributed by atoms with E-state index in [4.69, 9.17) is 10.1 Å². The van der Waals surface area contributed by atoms with Gasteiger partial charge in [0, 0.05) is 48.0 Å². The molecule has 0 aliphatic carbocycles. The SMILES string of the molecule is [Li+].[NH-]S(=O)(=O)c1ncccc1-c1ccccc1C(=O)N1CCN(c2nc3ccc(Br)cc3s2)CC1. The minimum Gasteiger partial charge on any atom is -0.558 e. The first-order valence-corrected chi connectivity index (χ1v) is 13.5. The maximum atomic E-state index is 13.4. The van der Waals surface area contributed by atoms with Crippen LogP contribution in [-0.2, 0) is 10.0 Å². The molecule has 0 saturated carbocycles. The summed E-state index contributed by atoms with van der Waals surface area (Å²) in [6, 6.07) is 16.0. The second-order valence-corrected chi connectivity index (χ2v) is 11.1. The van der Waals surface area contributed by atoms with E-state index in [0.29, 0.717) is 37.3 Å². The van der Waals surface area contributed by atoms with Crippen molar-refractivity contribution in [2.45, 2.75) is 5.03 Å². The van der Waals surface area contributed by atoms with Crippen molar-refractivity contribution in [3.8, 4) is 11.1 Å². The predicted octanol–water partition coefficient (Wildman–Crippen LogP) is 1.83. The van der Waals surface area contributed by atoms with E-state index >= 15 is 0 Å². The smallest absolute Gasteiger partial charge is 0.558 e. The number of thiazole rings is 1. The van der Waals surface area contributed by atoms with E-state index in [1.165, 1.54) is 6.20 Å². The summed E-state index contributed by atoms with van der Waals surface area (Å²) in [6.45, 7) is 2.33. The number of amides is 1. The van der Waals surface area contributed by atoms with E-state index in [0.717, 1.165) is 19.8 Å². The van der Waals surface area contributed by atoms with Crippen LogP contribution in [0.25, 0.3) is 26.5 Å². The number of pyridine rings is 1. The van der Waals surface area contributed by atoms with E-state index in [1.54, 1.807) is 52.6 Å². The van der Waals surface area contributed by atoms with Crippen molar-refractivity contribution in [3.63, 3.8) is 0 Å². The summed E-state index contributed by atoms with van der Waals surface area (Å²) in [5, 5.41) is 8.07. The summed E-state index contributed by atoms with van der Waals surface area (Å²) >= 11 is 5.12. The molecule has 2 aromatic carbocycles. The number of benzene rings is 2. The van der Waals surface area contributed by atoms with Crippen molar-refractivity contribution in [2.24, 2.45) is 0 Å². The van der Waals surface area contributed by atoms with E-state index in [9.17, 15) is 13.2 Å². The zero-order valence-corrected chi connectivity index (χ0v) is 22.0. The average Bonchev–Trinajstić information content (AvgIpc) is 3.26. The maximum Gasteiger partial charge on any atom is 1.00 e. The normalized spacial score (nSPS) is 14.1. The van der Waals surface area contributed by atoms with Crippen molar-refractivity contribution >= 4 is 58.5 Å². The van der Waals surface area contributed by atoms with Crippen molar-refractivity contribution in [2.75, 3.05) is 31.1 Å². The monoisotopic (exact) mass is 563 g/mol. The average molecular weight is 564 g/mol. The third-order valence-electron chi connectivity index (χ3n) is 5.65. The molecule has 1 fully saturated rings. The number of anilines is 1. The fourth-order valence-electron chi connectivity index (χ4n) is 4.01. The largest absolute Gasteiger partial charge is 1.00 e. The van der Waals surface area contributed by atoms with Crippen molar-refractivity contribution in [1.29, 1.82) is 0 Å². The molecule has 1 saturated heterocycles. The predicted molar refractivity (Wildman–Crippen MR) is 137 cm³/mol. The molecule has 35 heavy (non-hydrogen) atoms. The number of hydrogen-bond acceptors (Lipinski definition) is 7. The second kappa shape index (κ2) is 10.4. The number of rotatable bonds is 4. The molecule has 0 radical (unpaired) electrons. The third kappa shape index (κ3) is 5.30. The molecule has 174 valence electrons. The van der Waals surface area contributed by atoms with Gasteiger partial charge in [-0.2, -0.15) is 0 Å². The molecule has 5 rings (SSSR count). The van der Waals surface area contributed by atoms with Crippen LogP contribution in [0.4, 0.5) is 5.13 Å². The van der Waals surface area contributed by atoms with E-state index in [2.05, 4.69) is 31.9 Å². The Hall–Kier alpha value is -2.26. The molecular formula is C23H19BrLiN5O3S2. The summed E-state index contributed by atoms with van der Waals surface area (Å²) in [5.41, 5.74) is 2.04. The van der Waals surface area contributed by atoms with Gasteiger partial charge in [-0.15, -0.1) is 0 Å². The zero-order chi connectivity index (χ0) is 23.9. The number of hydrogen-bond donors (Lipinski definition) is 0. The molecule has 1 N–H and O–H groups in total. The summed E-state index contributed by atoms with van der Waals surface area (Å²) in [7, 11) is -4.30. The fraction of sp³-hybridized carbons (Fsp3) is 0.174. The van der Waals surface area contributed by atoms with Gasteiger partial charge in [0.1, 0.15) is 15.0 Å². The Morgan fingerprint density at radius 2 is 1.71 bits per heavy atom. The van der Waals surface area contributed by atoms with Crippen molar-refractivity contribution in [3.05, 3.63) is 76.0 Å². The fourth-order valence-corrected chi connectivity index (χ4v) is 6.24. The van der Waals surface area contributed by atoms with E-state index in [1.807, 2.05) is 12.1 Å². The first-order valence-electron chi connectivity index (χ1n) is 10.5. The summed E-state index contributed by atoms with van der Waals surface area (Å²) < 4.78 is 26.0. The number of sulfonamides is 1. The van der Waals surface area contributed by atoms with Gasteiger partial charge in [-0.25, -0.2) is 18.4 Å². The molecule has 0 atom stereocenters. The number of carbonyl (C=O) groups excluding carboxylic acids is 1. The number of carbonyl (C=O) groups is 1. The van der Waals surface area contributed by atoms with Gasteiger partial charge in [0.15, 0.2) is 5.13 Å². The maximum absolute atomic E-state index is 13.4. The van der Waals surface area contributed by atoms with Crippen LogP contribution < -0.4 is 23.8 Å². The molecule has 0 bridgehead atoms. The first kappa shape index (κ1) is 25.8. The molecule has 0 unspecified atom stereocenters. The minimum atomic E-state index is -4.30.